The first-order chi connectivity index (χ1) is 11.0. The quantitative estimate of drug-likeness (QED) is 0.374. The number of rotatable bonds is 3. The number of nitrogens with zero attached hydrogens (tertiary/aromatic N) is 1. The summed E-state index contributed by atoms with van der Waals surface area (Å²) in [5, 5.41) is 10.8. The lowest BCUT2D eigenvalue weighted by Crippen LogP contribution is -2.39. The van der Waals surface area contributed by atoms with Crippen molar-refractivity contribution in [1.29, 1.82) is 0 Å². The van der Waals surface area contributed by atoms with Crippen molar-refractivity contribution in [3.63, 3.8) is 0 Å². The maximum absolute atomic E-state index is 12.1. The number of benzene rings is 2. The maximum atomic E-state index is 12.1. The number of fused-ring (bicyclic) bond motifs is 1. The summed E-state index contributed by atoms with van der Waals surface area (Å²) in [5.41, 5.74) is 0.377. The zero-order valence-electron chi connectivity index (χ0n) is 12.2. The minimum Gasteiger partial charge on any atom is -0.485 e. The van der Waals surface area contributed by atoms with Crippen LogP contribution in [-0.2, 0) is 4.79 Å². The zero-order valence-corrected chi connectivity index (χ0v) is 12.2. The molecule has 1 aliphatic rings. The van der Waals surface area contributed by atoms with Gasteiger partial charge in [0.1, 0.15) is 12.4 Å². The van der Waals surface area contributed by atoms with Gasteiger partial charge >= 0.3 is 5.97 Å². The van der Waals surface area contributed by atoms with Crippen molar-refractivity contribution in [2.24, 2.45) is 0 Å². The summed E-state index contributed by atoms with van der Waals surface area (Å²) in [5.74, 6) is 0.650. The van der Waals surface area contributed by atoms with E-state index >= 15 is 0 Å². The molecule has 7 heteroatoms. The van der Waals surface area contributed by atoms with E-state index in [4.69, 9.17) is 14.2 Å². The molecule has 0 unspecified atom stereocenters. The summed E-state index contributed by atoms with van der Waals surface area (Å²) >= 11 is 0. The Balaban J connectivity index is 1.71. The summed E-state index contributed by atoms with van der Waals surface area (Å²) in [6, 6.07) is 11.1. The van der Waals surface area contributed by atoms with E-state index in [0.717, 1.165) is 0 Å². The highest BCUT2D eigenvalue weighted by atomic mass is 16.6. The van der Waals surface area contributed by atoms with Gasteiger partial charge in [0.25, 0.3) is 5.69 Å². The van der Waals surface area contributed by atoms with Crippen LogP contribution in [0.25, 0.3) is 0 Å². The third kappa shape index (κ3) is 3.08. The lowest BCUT2D eigenvalue weighted by molar-refractivity contribution is -0.385. The topological polar surface area (TPSA) is 87.9 Å². The van der Waals surface area contributed by atoms with Crippen LogP contribution in [0.2, 0.25) is 0 Å². The Morgan fingerprint density at radius 2 is 2.00 bits per heavy atom. The first-order valence-electron chi connectivity index (χ1n) is 6.90. The molecule has 0 saturated carbocycles. The van der Waals surface area contributed by atoms with Gasteiger partial charge in [-0.25, -0.2) is 4.79 Å². The van der Waals surface area contributed by atoms with E-state index in [1.807, 2.05) is 0 Å². The average Bonchev–Trinajstić information content (AvgIpc) is 2.54. The van der Waals surface area contributed by atoms with Crippen molar-refractivity contribution in [3.05, 3.63) is 58.1 Å². The van der Waals surface area contributed by atoms with Crippen molar-refractivity contribution in [1.82, 2.24) is 0 Å². The van der Waals surface area contributed by atoms with Gasteiger partial charge in [-0.1, -0.05) is 12.1 Å². The molecule has 0 spiro atoms. The molecule has 0 fully saturated rings. The molecule has 2 aromatic carbocycles. The fourth-order valence-corrected chi connectivity index (χ4v) is 2.21. The van der Waals surface area contributed by atoms with Gasteiger partial charge in [0.2, 0.25) is 6.10 Å². The van der Waals surface area contributed by atoms with Gasteiger partial charge in [0.05, 0.1) is 4.92 Å². The molecule has 0 bridgehead atoms. The molecule has 7 nitrogen and oxygen atoms in total. The van der Waals surface area contributed by atoms with E-state index in [-0.39, 0.29) is 18.0 Å². The van der Waals surface area contributed by atoms with Crippen LogP contribution in [0.1, 0.15) is 5.56 Å². The van der Waals surface area contributed by atoms with Gasteiger partial charge < -0.3 is 14.2 Å². The van der Waals surface area contributed by atoms with E-state index in [0.29, 0.717) is 17.1 Å². The molecule has 1 atom stereocenters. The summed E-state index contributed by atoms with van der Waals surface area (Å²) in [6.07, 6.45) is -0.889. The normalized spacial score (nSPS) is 15.8. The Morgan fingerprint density at radius 1 is 1.26 bits per heavy atom. The van der Waals surface area contributed by atoms with Crippen LogP contribution in [0.3, 0.4) is 0 Å². The monoisotopic (exact) mass is 315 g/mol. The number of nitro groups is 1. The second kappa shape index (κ2) is 5.96. The van der Waals surface area contributed by atoms with Gasteiger partial charge in [-0.3, -0.25) is 10.1 Å². The molecule has 0 saturated heterocycles. The van der Waals surface area contributed by atoms with Crippen molar-refractivity contribution < 1.29 is 23.9 Å². The smallest absolute Gasteiger partial charge is 0.356 e. The number of hydrogen-bond donors (Lipinski definition) is 0. The lowest BCUT2D eigenvalue weighted by Gasteiger charge is -2.24. The second-order valence-corrected chi connectivity index (χ2v) is 4.99. The highest BCUT2D eigenvalue weighted by Gasteiger charge is 2.29. The Hall–Kier alpha value is -3.09. The van der Waals surface area contributed by atoms with E-state index in [1.165, 1.54) is 18.2 Å². The fraction of sp³-hybridized carbons (Fsp3) is 0.188. The molecule has 0 radical (unpaired) electrons. The molecule has 118 valence electrons. The van der Waals surface area contributed by atoms with Crippen molar-refractivity contribution in [2.45, 2.75) is 13.0 Å². The molecule has 0 N–H and O–H groups in total. The van der Waals surface area contributed by atoms with Crippen molar-refractivity contribution in [2.75, 3.05) is 6.61 Å². The van der Waals surface area contributed by atoms with Crippen LogP contribution in [0.15, 0.2) is 42.5 Å². The standard InChI is InChI=1S/C16H13NO6/c1-10-8-11(6-7-12(10)17(19)20)22-16(18)15-9-21-13-4-2-3-5-14(13)23-15/h2-8,15H,9H2,1H3/t15-/m0/s1. The first-order valence-corrected chi connectivity index (χ1v) is 6.90. The zero-order chi connectivity index (χ0) is 16.4. The Labute approximate surface area is 131 Å². The lowest BCUT2D eigenvalue weighted by atomic mass is 10.2. The van der Waals surface area contributed by atoms with Gasteiger partial charge in [-0.05, 0) is 31.2 Å². The number of nitro benzene ring substituents is 1. The van der Waals surface area contributed by atoms with Gasteiger partial charge in [0.15, 0.2) is 11.5 Å². The van der Waals surface area contributed by atoms with Crippen LogP contribution in [0.4, 0.5) is 5.69 Å². The Bertz CT molecular complexity index is 773. The molecule has 1 aliphatic heterocycles. The van der Waals surface area contributed by atoms with Crippen LogP contribution in [0.5, 0.6) is 17.2 Å². The van der Waals surface area contributed by atoms with Crippen LogP contribution in [0, 0.1) is 17.0 Å². The highest BCUT2D eigenvalue weighted by molar-refractivity contribution is 5.78. The molecular weight excluding hydrogens is 302 g/mol. The van der Waals surface area contributed by atoms with Gasteiger partial charge in [-0.2, -0.15) is 0 Å². The predicted octanol–water partition coefficient (Wildman–Crippen LogP) is 2.65. The number of ether oxygens (including phenoxy) is 3. The predicted molar refractivity (Wildman–Crippen MR) is 79.8 cm³/mol. The van der Waals surface area contributed by atoms with Crippen molar-refractivity contribution >= 4 is 11.7 Å². The number of carbonyl (C=O) groups is 1. The highest BCUT2D eigenvalue weighted by Crippen LogP contribution is 2.31. The van der Waals surface area contributed by atoms with E-state index < -0.39 is 17.0 Å². The van der Waals surface area contributed by atoms with Gasteiger partial charge in [0, 0.05) is 11.6 Å². The first kappa shape index (κ1) is 14.8. The number of aryl methyl sites for hydroxylation is 1. The minimum atomic E-state index is -0.889. The number of carbonyl (C=O) groups excluding carboxylic acids is 1. The minimum absolute atomic E-state index is 0.0315. The molecule has 0 aliphatic carbocycles. The number of hydrogen-bond acceptors (Lipinski definition) is 6. The summed E-state index contributed by atoms with van der Waals surface area (Å²) in [4.78, 5) is 22.4. The summed E-state index contributed by atoms with van der Waals surface area (Å²) in [6.45, 7) is 1.62. The molecular formula is C16H13NO6. The molecule has 0 aromatic heterocycles. The van der Waals surface area contributed by atoms with Crippen LogP contribution < -0.4 is 14.2 Å². The second-order valence-electron chi connectivity index (χ2n) is 4.99. The fourth-order valence-electron chi connectivity index (χ4n) is 2.21. The molecule has 1 heterocycles. The SMILES string of the molecule is Cc1cc(OC(=O)[C@@H]2COc3ccccc3O2)ccc1[N+](=O)[O-]. The number of esters is 1. The van der Waals surface area contributed by atoms with Crippen LogP contribution in [-0.4, -0.2) is 23.6 Å². The molecule has 2 aromatic rings. The Morgan fingerprint density at radius 3 is 2.70 bits per heavy atom. The summed E-state index contributed by atoms with van der Waals surface area (Å²) < 4.78 is 16.2. The largest absolute Gasteiger partial charge is 0.485 e. The third-order valence-corrected chi connectivity index (χ3v) is 3.35. The molecule has 3 rings (SSSR count). The van der Waals surface area contributed by atoms with E-state index in [9.17, 15) is 14.9 Å². The van der Waals surface area contributed by atoms with Crippen LogP contribution >= 0.6 is 0 Å². The molecule has 0 amide bonds. The Kier molecular flexibility index (Phi) is 3.84. The maximum Gasteiger partial charge on any atom is 0.356 e. The summed E-state index contributed by atoms with van der Waals surface area (Å²) in [7, 11) is 0. The van der Waals surface area contributed by atoms with Gasteiger partial charge in [-0.15, -0.1) is 0 Å². The van der Waals surface area contributed by atoms with E-state index in [1.54, 1.807) is 31.2 Å². The van der Waals surface area contributed by atoms with E-state index in [2.05, 4.69) is 0 Å². The average molecular weight is 315 g/mol. The third-order valence-electron chi connectivity index (χ3n) is 3.35. The van der Waals surface area contributed by atoms with Crippen molar-refractivity contribution in [3.8, 4) is 17.2 Å². The molecule has 23 heavy (non-hydrogen) atoms. The number of para-hydroxylation sites is 2.